The largest absolute Gasteiger partial charge is 0.372 e. The number of morpholine rings is 1. The fourth-order valence-electron chi connectivity index (χ4n) is 2.38. The lowest BCUT2D eigenvalue weighted by Crippen LogP contribution is -2.45. The fraction of sp³-hybridized carbons (Fsp3) is 0.667. The second-order valence-electron chi connectivity index (χ2n) is 6.32. The van der Waals surface area contributed by atoms with Crippen LogP contribution in [0.2, 0.25) is 0 Å². The first-order valence-electron chi connectivity index (χ1n) is 6.73. The fourth-order valence-corrected chi connectivity index (χ4v) is 2.38. The van der Waals surface area contributed by atoms with Crippen molar-refractivity contribution in [3.63, 3.8) is 0 Å². The average Bonchev–Trinajstić information content (AvgIpc) is 2.27. The van der Waals surface area contributed by atoms with E-state index < -0.39 is 0 Å². The van der Waals surface area contributed by atoms with E-state index in [1.165, 1.54) is 5.56 Å². The van der Waals surface area contributed by atoms with Crippen LogP contribution in [-0.4, -0.2) is 30.3 Å². The van der Waals surface area contributed by atoms with E-state index in [0.29, 0.717) is 0 Å². The van der Waals surface area contributed by atoms with Crippen LogP contribution in [0.3, 0.4) is 0 Å². The zero-order valence-corrected chi connectivity index (χ0v) is 12.1. The summed E-state index contributed by atoms with van der Waals surface area (Å²) in [6, 6.07) is 4.32. The first kappa shape index (κ1) is 13.3. The molecule has 3 heteroatoms. The van der Waals surface area contributed by atoms with Crippen LogP contribution >= 0.6 is 0 Å². The lowest BCUT2D eigenvalue weighted by Gasteiger charge is -2.36. The quantitative estimate of drug-likeness (QED) is 0.764. The Morgan fingerprint density at radius 1 is 1.17 bits per heavy atom. The van der Waals surface area contributed by atoms with Gasteiger partial charge in [0.25, 0.3) is 0 Å². The molecule has 2 rings (SSSR count). The number of nitrogens with zero attached hydrogens (tertiary/aromatic N) is 2. The van der Waals surface area contributed by atoms with Crippen molar-refractivity contribution in [1.82, 2.24) is 4.98 Å². The van der Waals surface area contributed by atoms with Crippen molar-refractivity contribution < 1.29 is 4.74 Å². The predicted octanol–water partition coefficient (Wildman–Crippen LogP) is 2.99. The van der Waals surface area contributed by atoms with Crippen molar-refractivity contribution in [3.8, 4) is 0 Å². The summed E-state index contributed by atoms with van der Waals surface area (Å²) in [5.41, 5.74) is 1.44. The van der Waals surface area contributed by atoms with Crippen LogP contribution in [0.1, 0.15) is 40.2 Å². The molecule has 2 atom stereocenters. The Labute approximate surface area is 110 Å². The average molecular weight is 248 g/mol. The molecule has 3 nitrogen and oxygen atoms in total. The standard InChI is InChI=1S/C15H24N2O/c1-11-9-17(10-12(2)18-11)14-7-6-13(8-16-14)15(3,4)5/h6-8,11-12H,9-10H2,1-5H3/t11-,12-/m0/s1. The van der Waals surface area contributed by atoms with Crippen LogP contribution in [0.5, 0.6) is 0 Å². The molecule has 1 aromatic heterocycles. The Morgan fingerprint density at radius 3 is 2.22 bits per heavy atom. The maximum atomic E-state index is 5.75. The molecule has 0 radical (unpaired) electrons. The number of pyridine rings is 1. The Hall–Kier alpha value is -1.09. The van der Waals surface area contributed by atoms with E-state index in [4.69, 9.17) is 4.74 Å². The highest BCUT2D eigenvalue weighted by Crippen LogP contribution is 2.24. The Morgan fingerprint density at radius 2 is 1.78 bits per heavy atom. The minimum Gasteiger partial charge on any atom is -0.372 e. The van der Waals surface area contributed by atoms with E-state index in [2.05, 4.69) is 56.6 Å². The molecule has 1 aliphatic rings. The molecule has 0 aromatic carbocycles. The summed E-state index contributed by atoms with van der Waals surface area (Å²) in [6.45, 7) is 12.7. The summed E-state index contributed by atoms with van der Waals surface area (Å²) < 4.78 is 5.75. The normalized spacial score (nSPS) is 25.3. The first-order valence-corrected chi connectivity index (χ1v) is 6.73. The lowest BCUT2D eigenvalue weighted by atomic mass is 9.88. The van der Waals surface area contributed by atoms with Crippen LogP contribution in [0.25, 0.3) is 0 Å². The molecular weight excluding hydrogens is 224 g/mol. The van der Waals surface area contributed by atoms with Gasteiger partial charge < -0.3 is 9.64 Å². The number of ether oxygens (including phenoxy) is 1. The zero-order chi connectivity index (χ0) is 13.3. The van der Waals surface area contributed by atoms with Gasteiger partial charge in [-0.3, -0.25) is 0 Å². The van der Waals surface area contributed by atoms with Gasteiger partial charge in [0.05, 0.1) is 12.2 Å². The van der Waals surface area contributed by atoms with Gasteiger partial charge in [0.2, 0.25) is 0 Å². The second-order valence-corrected chi connectivity index (χ2v) is 6.32. The monoisotopic (exact) mass is 248 g/mol. The third-order valence-corrected chi connectivity index (χ3v) is 3.36. The van der Waals surface area contributed by atoms with Gasteiger partial charge in [-0.2, -0.15) is 0 Å². The number of aromatic nitrogens is 1. The SMILES string of the molecule is C[C@H]1CN(c2ccc(C(C)(C)C)cn2)C[C@H](C)O1. The van der Waals surface area contributed by atoms with E-state index in [-0.39, 0.29) is 17.6 Å². The lowest BCUT2D eigenvalue weighted by molar-refractivity contribution is -0.00546. The van der Waals surface area contributed by atoms with Crippen LogP contribution in [0.4, 0.5) is 5.82 Å². The minimum atomic E-state index is 0.164. The number of hydrogen-bond donors (Lipinski definition) is 0. The number of anilines is 1. The molecule has 18 heavy (non-hydrogen) atoms. The topological polar surface area (TPSA) is 25.4 Å². The molecule has 0 N–H and O–H groups in total. The summed E-state index contributed by atoms with van der Waals surface area (Å²) in [4.78, 5) is 6.92. The van der Waals surface area contributed by atoms with Gasteiger partial charge in [-0.25, -0.2) is 4.98 Å². The Balaban J connectivity index is 2.14. The third-order valence-electron chi connectivity index (χ3n) is 3.36. The molecule has 1 fully saturated rings. The highest BCUT2D eigenvalue weighted by Gasteiger charge is 2.23. The van der Waals surface area contributed by atoms with Crippen molar-refractivity contribution in [2.24, 2.45) is 0 Å². The maximum Gasteiger partial charge on any atom is 0.128 e. The number of rotatable bonds is 1. The highest BCUT2D eigenvalue weighted by atomic mass is 16.5. The molecule has 0 amide bonds. The molecule has 2 heterocycles. The smallest absolute Gasteiger partial charge is 0.128 e. The summed E-state index contributed by atoms with van der Waals surface area (Å²) in [5, 5.41) is 0. The summed E-state index contributed by atoms with van der Waals surface area (Å²) >= 11 is 0. The summed E-state index contributed by atoms with van der Waals surface area (Å²) in [5.74, 6) is 1.06. The van der Waals surface area contributed by atoms with Gasteiger partial charge in [-0.1, -0.05) is 26.8 Å². The van der Waals surface area contributed by atoms with Crippen LogP contribution < -0.4 is 4.90 Å². The molecule has 1 saturated heterocycles. The molecule has 0 bridgehead atoms. The van der Waals surface area contributed by atoms with E-state index in [1.807, 2.05) is 6.20 Å². The van der Waals surface area contributed by atoms with Gasteiger partial charge in [-0.05, 0) is 30.9 Å². The van der Waals surface area contributed by atoms with Crippen LogP contribution in [0.15, 0.2) is 18.3 Å². The molecule has 1 aromatic rings. The maximum absolute atomic E-state index is 5.75. The molecule has 100 valence electrons. The van der Waals surface area contributed by atoms with Crippen molar-refractivity contribution >= 4 is 5.82 Å². The van der Waals surface area contributed by atoms with E-state index in [9.17, 15) is 0 Å². The van der Waals surface area contributed by atoms with Gasteiger partial charge >= 0.3 is 0 Å². The van der Waals surface area contributed by atoms with Gasteiger partial charge in [0.15, 0.2) is 0 Å². The Kier molecular flexibility index (Phi) is 3.62. The molecule has 0 aliphatic carbocycles. The second kappa shape index (κ2) is 4.88. The van der Waals surface area contributed by atoms with Gasteiger partial charge in [-0.15, -0.1) is 0 Å². The van der Waals surface area contributed by atoms with Crippen molar-refractivity contribution in [3.05, 3.63) is 23.9 Å². The molecule has 0 spiro atoms. The van der Waals surface area contributed by atoms with Crippen molar-refractivity contribution in [1.29, 1.82) is 0 Å². The van der Waals surface area contributed by atoms with Crippen molar-refractivity contribution in [2.75, 3.05) is 18.0 Å². The first-order chi connectivity index (χ1) is 8.36. The molecule has 0 saturated carbocycles. The summed E-state index contributed by atoms with van der Waals surface area (Å²) in [7, 11) is 0. The molecule has 1 aliphatic heterocycles. The van der Waals surface area contributed by atoms with Gasteiger partial charge in [0.1, 0.15) is 5.82 Å². The van der Waals surface area contributed by atoms with Gasteiger partial charge in [0, 0.05) is 19.3 Å². The minimum absolute atomic E-state index is 0.164. The van der Waals surface area contributed by atoms with Crippen LogP contribution in [-0.2, 0) is 10.2 Å². The summed E-state index contributed by atoms with van der Waals surface area (Å²) in [6.07, 6.45) is 2.55. The third kappa shape index (κ3) is 3.02. The predicted molar refractivity (Wildman–Crippen MR) is 75.2 cm³/mol. The van der Waals surface area contributed by atoms with Crippen LogP contribution in [0, 0.1) is 0 Å². The zero-order valence-electron chi connectivity index (χ0n) is 12.1. The highest BCUT2D eigenvalue weighted by molar-refractivity contribution is 5.41. The molecular formula is C15H24N2O. The van der Waals surface area contributed by atoms with E-state index >= 15 is 0 Å². The van der Waals surface area contributed by atoms with E-state index in [0.717, 1.165) is 18.9 Å². The van der Waals surface area contributed by atoms with E-state index in [1.54, 1.807) is 0 Å². The van der Waals surface area contributed by atoms with Crippen molar-refractivity contribution in [2.45, 2.75) is 52.2 Å². The number of hydrogen-bond acceptors (Lipinski definition) is 3. The molecule has 0 unspecified atom stereocenters. The Bertz CT molecular complexity index is 384.